The minimum absolute atomic E-state index is 0.270. The number of benzene rings is 1. The predicted octanol–water partition coefficient (Wildman–Crippen LogP) is 5.05. The highest BCUT2D eigenvalue weighted by Gasteiger charge is 2.19. The van der Waals surface area contributed by atoms with Crippen LogP contribution in [-0.4, -0.2) is 36.8 Å². The van der Waals surface area contributed by atoms with Crippen molar-refractivity contribution >= 4 is 23.2 Å². The number of unbranched alkanes of at least 4 members (excludes halogenated alkanes) is 2. The SMILES string of the molecule is CCCCC[C@@H](CN(C)C)[C@H](O)CCc1ccc(Cl)c(Cl)c1. The molecule has 1 rings (SSSR count). The lowest BCUT2D eigenvalue weighted by Gasteiger charge is -2.26. The quantitative estimate of drug-likeness (QED) is 0.600. The number of hydrogen-bond acceptors (Lipinski definition) is 2. The van der Waals surface area contributed by atoms with Crippen LogP contribution in [0.25, 0.3) is 0 Å². The van der Waals surface area contributed by atoms with Gasteiger partial charge < -0.3 is 10.0 Å². The Morgan fingerprint density at radius 1 is 1.09 bits per heavy atom. The van der Waals surface area contributed by atoms with E-state index in [0.717, 1.165) is 31.4 Å². The van der Waals surface area contributed by atoms with Crippen LogP contribution in [0.2, 0.25) is 10.0 Å². The van der Waals surface area contributed by atoms with Crippen LogP contribution in [0.1, 0.15) is 44.6 Å². The zero-order valence-corrected chi connectivity index (χ0v) is 15.5. The molecule has 0 aromatic heterocycles. The molecule has 0 saturated carbocycles. The molecule has 1 N–H and O–H groups in total. The maximum Gasteiger partial charge on any atom is 0.0595 e. The van der Waals surface area contributed by atoms with Gasteiger partial charge in [0.15, 0.2) is 0 Å². The van der Waals surface area contributed by atoms with Gasteiger partial charge in [0.1, 0.15) is 0 Å². The fourth-order valence-electron chi connectivity index (χ4n) is 2.78. The number of aliphatic hydroxyl groups is 1. The van der Waals surface area contributed by atoms with Crippen LogP contribution >= 0.6 is 23.2 Å². The molecule has 0 amide bonds. The Bertz CT molecular complexity index is 437. The van der Waals surface area contributed by atoms with E-state index in [2.05, 4.69) is 25.9 Å². The monoisotopic (exact) mass is 345 g/mol. The van der Waals surface area contributed by atoms with Crippen molar-refractivity contribution in [1.82, 2.24) is 4.90 Å². The zero-order valence-electron chi connectivity index (χ0n) is 14.0. The highest BCUT2D eigenvalue weighted by Crippen LogP contribution is 2.24. The first-order valence-corrected chi connectivity index (χ1v) is 8.96. The van der Waals surface area contributed by atoms with Crippen LogP contribution in [0.3, 0.4) is 0 Å². The van der Waals surface area contributed by atoms with E-state index in [-0.39, 0.29) is 6.10 Å². The smallest absolute Gasteiger partial charge is 0.0595 e. The third-order valence-corrected chi connectivity index (χ3v) is 4.77. The Morgan fingerprint density at radius 3 is 2.41 bits per heavy atom. The Hall–Kier alpha value is -0.280. The number of aryl methyl sites for hydroxylation is 1. The number of nitrogens with zero attached hydrogens (tertiary/aromatic N) is 1. The molecule has 0 unspecified atom stereocenters. The summed E-state index contributed by atoms with van der Waals surface area (Å²) in [5, 5.41) is 11.7. The van der Waals surface area contributed by atoms with Crippen LogP contribution < -0.4 is 0 Å². The maximum atomic E-state index is 10.6. The number of hydrogen-bond donors (Lipinski definition) is 1. The van der Waals surface area contributed by atoms with E-state index in [9.17, 15) is 5.11 Å². The van der Waals surface area contributed by atoms with Crippen molar-refractivity contribution in [3.8, 4) is 0 Å². The summed E-state index contributed by atoms with van der Waals surface area (Å²) < 4.78 is 0. The van der Waals surface area contributed by atoms with E-state index in [0.29, 0.717) is 16.0 Å². The normalized spacial score (nSPS) is 14.3. The summed E-state index contributed by atoms with van der Waals surface area (Å²) in [5.74, 6) is 0.337. The van der Waals surface area contributed by atoms with Crippen molar-refractivity contribution in [2.75, 3.05) is 20.6 Å². The van der Waals surface area contributed by atoms with E-state index >= 15 is 0 Å². The summed E-state index contributed by atoms with van der Waals surface area (Å²) in [5.41, 5.74) is 1.13. The van der Waals surface area contributed by atoms with Crippen molar-refractivity contribution < 1.29 is 5.11 Å². The van der Waals surface area contributed by atoms with E-state index in [1.165, 1.54) is 19.3 Å². The van der Waals surface area contributed by atoms with Crippen LogP contribution in [0.15, 0.2) is 18.2 Å². The van der Waals surface area contributed by atoms with Crippen molar-refractivity contribution in [1.29, 1.82) is 0 Å². The summed E-state index contributed by atoms with van der Waals surface area (Å²) in [6.07, 6.45) is 6.07. The van der Waals surface area contributed by atoms with Gasteiger partial charge in [-0.25, -0.2) is 0 Å². The van der Waals surface area contributed by atoms with Gasteiger partial charge in [-0.1, -0.05) is 55.5 Å². The van der Waals surface area contributed by atoms with Gasteiger partial charge >= 0.3 is 0 Å². The number of halogens is 2. The van der Waals surface area contributed by atoms with Crippen molar-refractivity contribution in [3.63, 3.8) is 0 Å². The summed E-state index contributed by atoms with van der Waals surface area (Å²) in [6, 6.07) is 5.71. The molecule has 0 fully saturated rings. The second kappa shape index (κ2) is 10.5. The Kier molecular flexibility index (Phi) is 9.42. The highest BCUT2D eigenvalue weighted by atomic mass is 35.5. The summed E-state index contributed by atoms with van der Waals surface area (Å²) in [6.45, 7) is 3.15. The van der Waals surface area contributed by atoms with Gasteiger partial charge in [-0.3, -0.25) is 0 Å². The number of aliphatic hydroxyl groups excluding tert-OH is 1. The molecule has 0 spiro atoms. The highest BCUT2D eigenvalue weighted by molar-refractivity contribution is 6.42. The van der Waals surface area contributed by atoms with Crippen molar-refractivity contribution in [2.24, 2.45) is 5.92 Å². The molecule has 126 valence electrons. The van der Waals surface area contributed by atoms with Gasteiger partial charge in [-0.05, 0) is 57.0 Å². The van der Waals surface area contributed by atoms with Gasteiger partial charge in [-0.2, -0.15) is 0 Å². The molecule has 22 heavy (non-hydrogen) atoms. The third-order valence-electron chi connectivity index (χ3n) is 4.04. The average molecular weight is 346 g/mol. The maximum absolute atomic E-state index is 10.6. The fourth-order valence-corrected chi connectivity index (χ4v) is 3.10. The number of rotatable bonds is 10. The lowest BCUT2D eigenvalue weighted by molar-refractivity contribution is 0.0765. The second-order valence-electron chi connectivity index (χ2n) is 6.37. The minimum atomic E-state index is -0.270. The van der Waals surface area contributed by atoms with Gasteiger partial charge in [0.05, 0.1) is 16.1 Å². The second-order valence-corrected chi connectivity index (χ2v) is 7.19. The van der Waals surface area contributed by atoms with Crippen LogP contribution in [0, 0.1) is 5.92 Å². The molecular formula is C18H29Cl2NO. The van der Waals surface area contributed by atoms with Gasteiger partial charge in [0.25, 0.3) is 0 Å². The van der Waals surface area contributed by atoms with Gasteiger partial charge in [0, 0.05) is 6.54 Å². The first kappa shape index (κ1) is 19.8. The van der Waals surface area contributed by atoms with Crippen molar-refractivity contribution in [2.45, 2.75) is 51.6 Å². The van der Waals surface area contributed by atoms with E-state index in [1.807, 2.05) is 18.2 Å². The van der Waals surface area contributed by atoms with Gasteiger partial charge in [0.2, 0.25) is 0 Å². The molecule has 1 aromatic carbocycles. The molecule has 0 radical (unpaired) electrons. The van der Waals surface area contributed by atoms with Crippen molar-refractivity contribution in [3.05, 3.63) is 33.8 Å². The van der Waals surface area contributed by atoms with Crippen LogP contribution in [0.4, 0.5) is 0 Å². The minimum Gasteiger partial charge on any atom is -0.393 e. The predicted molar refractivity (Wildman–Crippen MR) is 97.0 cm³/mol. The Balaban J connectivity index is 2.53. The largest absolute Gasteiger partial charge is 0.393 e. The Morgan fingerprint density at radius 2 is 1.82 bits per heavy atom. The third kappa shape index (κ3) is 7.32. The van der Waals surface area contributed by atoms with E-state index in [1.54, 1.807) is 0 Å². The molecular weight excluding hydrogens is 317 g/mol. The summed E-state index contributed by atoms with van der Waals surface area (Å²) in [4.78, 5) is 2.17. The topological polar surface area (TPSA) is 23.5 Å². The fraction of sp³-hybridized carbons (Fsp3) is 0.667. The molecule has 2 nitrogen and oxygen atoms in total. The average Bonchev–Trinajstić information content (AvgIpc) is 2.47. The lowest BCUT2D eigenvalue weighted by Crippen LogP contribution is -2.31. The summed E-state index contributed by atoms with van der Waals surface area (Å²) >= 11 is 12.0. The molecule has 2 atom stereocenters. The van der Waals surface area contributed by atoms with Crippen LogP contribution in [-0.2, 0) is 6.42 Å². The lowest BCUT2D eigenvalue weighted by atomic mass is 9.91. The zero-order chi connectivity index (χ0) is 16.5. The van der Waals surface area contributed by atoms with Crippen LogP contribution in [0.5, 0.6) is 0 Å². The Labute approximate surface area is 145 Å². The molecule has 0 heterocycles. The molecule has 0 aliphatic carbocycles. The first-order valence-electron chi connectivity index (χ1n) is 8.20. The molecule has 0 aliphatic rings. The van der Waals surface area contributed by atoms with E-state index < -0.39 is 0 Å². The first-order chi connectivity index (χ1) is 10.4. The molecule has 0 saturated heterocycles. The van der Waals surface area contributed by atoms with Gasteiger partial charge in [-0.15, -0.1) is 0 Å². The molecule has 4 heteroatoms. The standard InChI is InChI=1S/C18H29Cl2NO/c1-4-5-6-7-15(13-21(2)3)18(22)11-9-14-8-10-16(19)17(20)12-14/h8,10,12,15,18,22H,4-7,9,11,13H2,1-3H3/t15-,18+/m0/s1. The summed E-state index contributed by atoms with van der Waals surface area (Å²) in [7, 11) is 4.14. The van der Waals surface area contributed by atoms with E-state index in [4.69, 9.17) is 23.2 Å². The molecule has 0 bridgehead atoms. The molecule has 1 aromatic rings. The molecule has 0 aliphatic heterocycles.